The summed E-state index contributed by atoms with van der Waals surface area (Å²) < 4.78 is 0. The summed E-state index contributed by atoms with van der Waals surface area (Å²) in [4.78, 5) is 22.2. The Morgan fingerprint density at radius 2 is 2.04 bits per heavy atom. The molecule has 2 aliphatic heterocycles. The number of rotatable bonds is 3. The molecule has 0 radical (unpaired) electrons. The maximum atomic E-state index is 13.1. The molecule has 1 atom stereocenters. The molecule has 1 amide bonds. The van der Waals surface area contributed by atoms with E-state index in [1.54, 1.807) is 11.3 Å². The van der Waals surface area contributed by atoms with E-state index in [0.717, 1.165) is 48.0 Å². The van der Waals surface area contributed by atoms with Crippen LogP contribution in [0.15, 0.2) is 59.4 Å². The van der Waals surface area contributed by atoms with Gasteiger partial charge in [-0.1, -0.05) is 23.7 Å². The first-order chi connectivity index (χ1) is 13.6. The lowest BCUT2D eigenvalue weighted by Gasteiger charge is -2.25. The van der Waals surface area contributed by atoms with Crippen molar-refractivity contribution in [3.05, 3.63) is 81.3 Å². The molecule has 4 heterocycles. The van der Waals surface area contributed by atoms with Gasteiger partial charge in [-0.25, -0.2) is 0 Å². The van der Waals surface area contributed by atoms with Gasteiger partial charge in [-0.3, -0.25) is 14.7 Å². The molecular weight excluding hydrogens is 390 g/mol. The molecule has 0 saturated carbocycles. The van der Waals surface area contributed by atoms with Crippen LogP contribution in [0.1, 0.15) is 28.0 Å². The van der Waals surface area contributed by atoms with Crippen molar-refractivity contribution in [2.24, 2.45) is 0 Å². The number of pyridine rings is 1. The minimum absolute atomic E-state index is 0.0727. The smallest absolute Gasteiger partial charge is 0.259 e. The second kappa shape index (κ2) is 6.99. The lowest BCUT2D eigenvalue weighted by molar-refractivity contribution is 0.0985. The highest BCUT2D eigenvalue weighted by Crippen LogP contribution is 2.45. The zero-order valence-corrected chi connectivity index (χ0v) is 16.9. The number of nitrogens with zero attached hydrogens (tertiary/aromatic N) is 3. The molecule has 0 aliphatic carbocycles. The quantitative estimate of drug-likeness (QED) is 0.634. The molecule has 1 aromatic carbocycles. The van der Waals surface area contributed by atoms with E-state index in [-0.39, 0.29) is 11.3 Å². The summed E-state index contributed by atoms with van der Waals surface area (Å²) >= 11 is 7.57. The average Bonchev–Trinajstić information content (AvgIpc) is 3.45. The Balaban J connectivity index is 1.41. The van der Waals surface area contributed by atoms with Crippen molar-refractivity contribution < 1.29 is 4.79 Å². The van der Waals surface area contributed by atoms with Gasteiger partial charge in [0.15, 0.2) is 0 Å². The van der Waals surface area contributed by atoms with Crippen LogP contribution in [0.25, 0.3) is 0 Å². The van der Waals surface area contributed by atoms with Gasteiger partial charge in [0.2, 0.25) is 0 Å². The van der Waals surface area contributed by atoms with E-state index in [1.165, 1.54) is 5.56 Å². The van der Waals surface area contributed by atoms with Crippen molar-refractivity contribution in [3.8, 4) is 0 Å². The number of likely N-dealkylation sites (tertiary alicyclic amines) is 1. The van der Waals surface area contributed by atoms with Crippen molar-refractivity contribution >= 4 is 34.5 Å². The van der Waals surface area contributed by atoms with Crippen LogP contribution < -0.4 is 4.90 Å². The number of anilines is 1. The Morgan fingerprint density at radius 3 is 2.82 bits per heavy atom. The summed E-state index contributed by atoms with van der Waals surface area (Å²) in [5.74, 6) is 0.0727. The summed E-state index contributed by atoms with van der Waals surface area (Å²) in [7, 11) is 0. The van der Waals surface area contributed by atoms with Gasteiger partial charge in [-0.2, -0.15) is 11.3 Å². The summed E-state index contributed by atoms with van der Waals surface area (Å²) in [6.45, 7) is 3.50. The molecule has 0 N–H and O–H groups in total. The summed E-state index contributed by atoms with van der Waals surface area (Å²) in [6, 6.07) is 13.9. The van der Waals surface area contributed by atoms with Crippen molar-refractivity contribution in [3.63, 3.8) is 0 Å². The predicted octanol–water partition coefficient (Wildman–Crippen LogP) is 4.60. The van der Waals surface area contributed by atoms with Crippen LogP contribution in [0.4, 0.5) is 5.69 Å². The molecule has 2 aromatic heterocycles. The first-order valence-electron chi connectivity index (χ1n) is 9.41. The number of aromatic nitrogens is 1. The topological polar surface area (TPSA) is 36.4 Å². The minimum atomic E-state index is -0.0886. The third-order valence-corrected chi connectivity index (χ3v) is 6.74. The number of hydrogen-bond acceptors (Lipinski definition) is 4. The number of fused-ring (bicyclic) bond motifs is 2. The number of carbonyl (C=O) groups excluding carboxylic acids is 1. The highest BCUT2D eigenvalue weighted by Gasteiger charge is 2.49. The van der Waals surface area contributed by atoms with E-state index in [2.05, 4.69) is 17.0 Å². The average molecular weight is 410 g/mol. The Kier molecular flexibility index (Phi) is 4.46. The number of benzene rings is 1. The van der Waals surface area contributed by atoms with Gasteiger partial charge in [0.05, 0.1) is 16.9 Å². The van der Waals surface area contributed by atoms with Crippen LogP contribution in [-0.2, 0) is 12.0 Å². The molecule has 1 fully saturated rings. The minimum Gasteiger partial charge on any atom is -0.305 e. The van der Waals surface area contributed by atoms with Crippen LogP contribution >= 0.6 is 22.9 Å². The van der Waals surface area contributed by atoms with Gasteiger partial charge in [0.25, 0.3) is 5.91 Å². The number of halogens is 1. The van der Waals surface area contributed by atoms with E-state index in [0.29, 0.717) is 6.54 Å². The van der Waals surface area contributed by atoms with Gasteiger partial charge >= 0.3 is 0 Å². The second-order valence-electron chi connectivity index (χ2n) is 7.64. The summed E-state index contributed by atoms with van der Waals surface area (Å²) in [5.41, 5.74) is 3.96. The van der Waals surface area contributed by atoms with Crippen LogP contribution in [0.3, 0.4) is 0 Å². The normalized spacial score (nSPS) is 21.4. The van der Waals surface area contributed by atoms with E-state index in [9.17, 15) is 4.79 Å². The van der Waals surface area contributed by atoms with Crippen molar-refractivity contribution in [2.45, 2.75) is 18.4 Å². The number of carbonyl (C=O) groups is 1. The molecule has 142 valence electrons. The Morgan fingerprint density at radius 1 is 1.18 bits per heavy atom. The van der Waals surface area contributed by atoms with Gasteiger partial charge in [0.1, 0.15) is 0 Å². The van der Waals surface area contributed by atoms with Gasteiger partial charge in [-0.05, 0) is 54.2 Å². The molecule has 5 rings (SSSR count). The Bertz CT molecular complexity index is 1000. The molecular formula is C22H20ClN3OS. The van der Waals surface area contributed by atoms with Gasteiger partial charge < -0.3 is 4.90 Å². The van der Waals surface area contributed by atoms with E-state index < -0.39 is 0 Å². The molecule has 1 spiro atoms. The van der Waals surface area contributed by atoms with Crippen molar-refractivity contribution in [1.29, 1.82) is 0 Å². The molecule has 0 bridgehead atoms. The second-order valence-corrected chi connectivity index (χ2v) is 8.86. The highest BCUT2D eigenvalue weighted by atomic mass is 35.5. The van der Waals surface area contributed by atoms with Gasteiger partial charge in [-0.15, -0.1) is 0 Å². The highest BCUT2D eigenvalue weighted by molar-refractivity contribution is 7.08. The van der Waals surface area contributed by atoms with Gasteiger partial charge in [0, 0.05) is 41.6 Å². The number of amides is 1. The van der Waals surface area contributed by atoms with Crippen LogP contribution in [-0.4, -0.2) is 35.4 Å². The molecule has 4 nitrogen and oxygen atoms in total. The summed E-state index contributed by atoms with van der Waals surface area (Å²) in [6.07, 6.45) is 2.86. The monoisotopic (exact) mass is 409 g/mol. The number of hydrogen-bond donors (Lipinski definition) is 0. The van der Waals surface area contributed by atoms with Crippen molar-refractivity contribution in [1.82, 2.24) is 9.88 Å². The maximum Gasteiger partial charge on any atom is 0.259 e. The Labute approximate surface area is 173 Å². The third kappa shape index (κ3) is 3.04. The summed E-state index contributed by atoms with van der Waals surface area (Å²) in [5, 5.41) is 4.63. The SMILES string of the molecule is O=C(c1ccsc1)N1C[C@@]2(CCN(Cc3ccc(Cl)cc3)C2)c2ncccc21. The fraction of sp³-hybridized carbons (Fsp3) is 0.273. The lowest BCUT2D eigenvalue weighted by Crippen LogP contribution is -2.39. The predicted molar refractivity (Wildman–Crippen MR) is 113 cm³/mol. The van der Waals surface area contributed by atoms with Crippen LogP contribution in [0.2, 0.25) is 5.02 Å². The van der Waals surface area contributed by atoms with Crippen LogP contribution in [0, 0.1) is 0 Å². The largest absolute Gasteiger partial charge is 0.305 e. The maximum absolute atomic E-state index is 13.1. The van der Waals surface area contributed by atoms with E-state index in [1.807, 2.05) is 52.2 Å². The molecule has 3 aromatic rings. The van der Waals surface area contributed by atoms with E-state index in [4.69, 9.17) is 16.6 Å². The zero-order chi connectivity index (χ0) is 19.1. The Hall–Kier alpha value is -2.21. The first kappa shape index (κ1) is 17.9. The van der Waals surface area contributed by atoms with Crippen molar-refractivity contribution in [2.75, 3.05) is 24.5 Å². The van der Waals surface area contributed by atoms with Crippen LogP contribution in [0.5, 0.6) is 0 Å². The zero-order valence-electron chi connectivity index (χ0n) is 15.3. The first-order valence-corrected chi connectivity index (χ1v) is 10.7. The molecule has 6 heteroatoms. The fourth-order valence-electron chi connectivity index (χ4n) is 4.47. The fourth-order valence-corrected chi connectivity index (χ4v) is 5.23. The standard InChI is InChI=1S/C22H20ClN3OS/c23-18-5-3-16(4-6-18)12-25-10-8-22(14-25)15-26(19-2-1-9-24-20(19)22)21(27)17-7-11-28-13-17/h1-7,9,11,13H,8,10,12,14-15H2/t22-/m0/s1. The molecule has 28 heavy (non-hydrogen) atoms. The molecule has 2 aliphatic rings. The molecule has 1 saturated heterocycles. The third-order valence-electron chi connectivity index (χ3n) is 5.81. The number of thiophene rings is 1. The molecule has 0 unspecified atom stereocenters. The van der Waals surface area contributed by atoms with E-state index >= 15 is 0 Å². The lowest BCUT2D eigenvalue weighted by atomic mass is 9.85.